The molecule has 10 rings (SSSR count). The van der Waals surface area contributed by atoms with Crippen molar-refractivity contribution >= 4 is 17.1 Å². The number of benzene rings is 7. The lowest BCUT2D eigenvalue weighted by Gasteiger charge is -2.54. The third-order valence-corrected chi connectivity index (χ3v) is 13.2. The number of hydrogen-bond donors (Lipinski definition) is 0. The van der Waals surface area contributed by atoms with Crippen LogP contribution >= 0.6 is 0 Å². The molecular weight excluding hydrogens is 651 g/mol. The molecule has 0 amide bonds. The zero-order valence-electron chi connectivity index (χ0n) is 31.3. The highest BCUT2D eigenvalue weighted by atomic mass is 15.1. The Kier molecular flexibility index (Phi) is 8.13. The van der Waals surface area contributed by atoms with Crippen LogP contribution in [0.5, 0.6) is 0 Å². The SMILES string of the molecule is C[C@H]1C[C@@H]2C[C@H](C1)C1(c3ccccc3-c3ccc(N(c4ccc(-c5ccccc5)cc4)c4ccc(-c5ccc(-c6ccccc6)cc5)cc4)cc31)[C@H](C)C2. The molecule has 0 aliphatic heterocycles. The fraction of sp³-hybridized carbons (Fsp3) is 0.208. The van der Waals surface area contributed by atoms with E-state index < -0.39 is 0 Å². The summed E-state index contributed by atoms with van der Waals surface area (Å²) in [4.78, 5) is 2.48. The molecule has 3 aliphatic carbocycles. The van der Waals surface area contributed by atoms with Gasteiger partial charge in [0.1, 0.15) is 0 Å². The van der Waals surface area contributed by atoms with Crippen molar-refractivity contribution in [2.24, 2.45) is 23.7 Å². The molecule has 0 radical (unpaired) electrons. The lowest BCUT2D eigenvalue weighted by atomic mass is 9.49. The maximum Gasteiger partial charge on any atom is 0.0465 e. The van der Waals surface area contributed by atoms with Gasteiger partial charge < -0.3 is 4.90 Å². The second-order valence-electron chi connectivity index (χ2n) is 16.4. The van der Waals surface area contributed by atoms with E-state index in [-0.39, 0.29) is 5.41 Å². The number of fused-ring (bicyclic) bond motifs is 8. The summed E-state index contributed by atoms with van der Waals surface area (Å²) < 4.78 is 0. The maximum atomic E-state index is 2.59. The average Bonchev–Trinajstić information content (AvgIpc) is 3.52. The van der Waals surface area contributed by atoms with Crippen molar-refractivity contribution in [3.8, 4) is 44.5 Å². The van der Waals surface area contributed by atoms with Crippen LogP contribution in [0.15, 0.2) is 176 Å². The summed E-state index contributed by atoms with van der Waals surface area (Å²) in [7, 11) is 0. The lowest BCUT2D eigenvalue weighted by Crippen LogP contribution is -2.49. The van der Waals surface area contributed by atoms with Gasteiger partial charge in [0, 0.05) is 22.5 Å². The minimum atomic E-state index is 0.0473. The Hall–Kier alpha value is -5.66. The van der Waals surface area contributed by atoms with Crippen LogP contribution < -0.4 is 4.90 Å². The average molecular weight is 698 g/mol. The van der Waals surface area contributed by atoms with E-state index in [9.17, 15) is 0 Å². The minimum absolute atomic E-state index is 0.0473. The molecular formula is C53H47N. The van der Waals surface area contributed by atoms with Crippen molar-refractivity contribution in [3.63, 3.8) is 0 Å². The topological polar surface area (TPSA) is 3.24 Å². The molecule has 1 nitrogen and oxygen atoms in total. The van der Waals surface area contributed by atoms with Crippen molar-refractivity contribution < 1.29 is 0 Å². The molecule has 7 aromatic rings. The van der Waals surface area contributed by atoms with E-state index >= 15 is 0 Å². The first-order valence-electron chi connectivity index (χ1n) is 20.0. The zero-order chi connectivity index (χ0) is 36.2. The molecule has 54 heavy (non-hydrogen) atoms. The van der Waals surface area contributed by atoms with Crippen LogP contribution in [0.3, 0.4) is 0 Å². The second-order valence-corrected chi connectivity index (χ2v) is 16.4. The van der Waals surface area contributed by atoms with E-state index in [2.05, 4.69) is 195 Å². The van der Waals surface area contributed by atoms with Crippen molar-refractivity contribution in [2.45, 2.75) is 44.9 Å². The Morgan fingerprint density at radius 3 is 1.44 bits per heavy atom. The highest BCUT2D eigenvalue weighted by Crippen LogP contribution is 2.65. The maximum absolute atomic E-state index is 2.59. The first-order valence-corrected chi connectivity index (χ1v) is 20.0. The second kappa shape index (κ2) is 13.3. The van der Waals surface area contributed by atoms with Gasteiger partial charge in [-0.2, -0.15) is 0 Å². The van der Waals surface area contributed by atoms with Gasteiger partial charge in [-0.15, -0.1) is 0 Å². The van der Waals surface area contributed by atoms with Crippen LogP contribution in [0.2, 0.25) is 0 Å². The molecule has 1 unspecified atom stereocenters. The van der Waals surface area contributed by atoms with Crippen LogP contribution in [-0.4, -0.2) is 0 Å². The van der Waals surface area contributed by atoms with Crippen LogP contribution in [0.4, 0.5) is 17.1 Å². The van der Waals surface area contributed by atoms with Crippen molar-refractivity contribution in [2.75, 3.05) is 4.90 Å². The first kappa shape index (κ1) is 32.9. The molecule has 1 heteroatoms. The predicted octanol–water partition coefficient (Wildman–Crippen LogP) is 14.5. The van der Waals surface area contributed by atoms with Gasteiger partial charge >= 0.3 is 0 Å². The van der Waals surface area contributed by atoms with Crippen LogP contribution in [-0.2, 0) is 5.41 Å². The van der Waals surface area contributed by atoms with E-state index in [0.717, 1.165) is 11.8 Å². The van der Waals surface area contributed by atoms with Crippen molar-refractivity contribution in [3.05, 3.63) is 187 Å². The third-order valence-electron chi connectivity index (χ3n) is 13.2. The van der Waals surface area contributed by atoms with Gasteiger partial charge in [0.2, 0.25) is 0 Å². The summed E-state index contributed by atoms with van der Waals surface area (Å²) in [6, 6.07) is 65.4. The number of nitrogens with zero attached hydrogens (tertiary/aromatic N) is 1. The summed E-state index contributed by atoms with van der Waals surface area (Å²) in [5.74, 6) is 2.90. The molecule has 264 valence electrons. The van der Waals surface area contributed by atoms with Crippen molar-refractivity contribution in [1.82, 2.24) is 0 Å². The van der Waals surface area contributed by atoms with E-state index in [1.165, 1.54) is 87.3 Å². The van der Waals surface area contributed by atoms with E-state index in [1.807, 2.05) is 0 Å². The molecule has 1 spiro atoms. The predicted molar refractivity (Wildman–Crippen MR) is 227 cm³/mol. The molecule has 5 atom stereocenters. The summed E-state index contributed by atoms with van der Waals surface area (Å²) in [6.45, 7) is 5.07. The Morgan fingerprint density at radius 2 is 0.870 bits per heavy atom. The molecule has 2 fully saturated rings. The van der Waals surface area contributed by atoms with E-state index in [0.29, 0.717) is 11.8 Å². The normalized spacial score (nSPS) is 22.4. The Balaban J connectivity index is 1.08. The van der Waals surface area contributed by atoms with Gasteiger partial charge in [-0.05, 0) is 141 Å². The summed E-state index contributed by atoms with van der Waals surface area (Å²) in [6.07, 6.45) is 5.38. The highest BCUT2D eigenvalue weighted by Gasteiger charge is 2.56. The highest BCUT2D eigenvalue weighted by molar-refractivity contribution is 5.87. The molecule has 0 aromatic heterocycles. The molecule has 2 bridgehead atoms. The fourth-order valence-corrected chi connectivity index (χ4v) is 11.0. The molecule has 2 saturated carbocycles. The van der Waals surface area contributed by atoms with Crippen LogP contribution in [0.1, 0.15) is 50.7 Å². The molecule has 7 aromatic carbocycles. The van der Waals surface area contributed by atoms with E-state index in [4.69, 9.17) is 0 Å². The van der Waals surface area contributed by atoms with E-state index in [1.54, 1.807) is 11.1 Å². The molecule has 3 aliphatic rings. The van der Waals surface area contributed by atoms with Gasteiger partial charge in [0.15, 0.2) is 0 Å². The molecule has 0 N–H and O–H groups in total. The minimum Gasteiger partial charge on any atom is -0.310 e. The summed E-state index contributed by atoms with van der Waals surface area (Å²) >= 11 is 0. The number of rotatable bonds is 6. The van der Waals surface area contributed by atoms with Crippen LogP contribution in [0.25, 0.3) is 44.5 Å². The Bertz CT molecular complexity index is 2410. The van der Waals surface area contributed by atoms with Gasteiger partial charge in [0.25, 0.3) is 0 Å². The Morgan fingerprint density at radius 1 is 0.407 bits per heavy atom. The van der Waals surface area contributed by atoms with Gasteiger partial charge in [-0.1, -0.05) is 153 Å². The van der Waals surface area contributed by atoms with Crippen molar-refractivity contribution in [1.29, 1.82) is 0 Å². The largest absolute Gasteiger partial charge is 0.310 e. The van der Waals surface area contributed by atoms with Gasteiger partial charge in [-0.3, -0.25) is 0 Å². The number of hydrogen-bond acceptors (Lipinski definition) is 1. The smallest absolute Gasteiger partial charge is 0.0465 e. The van der Waals surface area contributed by atoms with Gasteiger partial charge in [0.05, 0.1) is 0 Å². The lowest BCUT2D eigenvalue weighted by molar-refractivity contribution is 0.0426. The summed E-state index contributed by atoms with van der Waals surface area (Å²) in [5.41, 5.74) is 17.0. The van der Waals surface area contributed by atoms with Gasteiger partial charge in [-0.25, -0.2) is 0 Å². The monoisotopic (exact) mass is 697 g/mol. The summed E-state index contributed by atoms with van der Waals surface area (Å²) in [5, 5.41) is 0. The quantitative estimate of drug-likeness (QED) is 0.167. The Labute approximate surface area is 321 Å². The standard InChI is InChI=1S/C53H47N/c1-36-31-38-33-37(2)53(45(32-36)34-38)51-16-10-9-15-49(51)50-30-29-48(35-52(50)53)54(46-25-21-43(22-26-46)40-13-7-4-8-14-40)47-27-23-44(24-28-47)42-19-17-41(18-20-42)39-11-5-3-6-12-39/h3-30,35-38,45H,31-34H2,1-2H3/t36-,37+,38-,45-,53?/m0/s1. The zero-order valence-corrected chi connectivity index (χ0v) is 31.3. The fourth-order valence-electron chi connectivity index (χ4n) is 11.0. The number of anilines is 3. The molecule has 0 heterocycles. The first-order chi connectivity index (χ1) is 26.6. The molecule has 0 saturated heterocycles. The third kappa shape index (κ3) is 5.44. The van der Waals surface area contributed by atoms with Crippen LogP contribution in [0, 0.1) is 23.7 Å².